The third-order valence-corrected chi connectivity index (χ3v) is 1.58. The van der Waals surface area contributed by atoms with Crippen LogP contribution in [0, 0.1) is 11.3 Å². The van der Waals surface area contributed by atoms with Gasteiger partial charge in [0.05, 0.1) is 0 Å². The van der Waals surface area contributed by atoms with E-state index in [0.29, 0.717) is 0 Å². The Bertz CT molecular complexity index is 415. The minimum absolute atomic E-state index is 0.0906. The second-order valence-electron chi connectivity index (χ2n) is 3.42. The highest BCUT2D eigenvalue weighted by Gasteiger charge is 2.27. The van der Waals surface area contributed by atoms with Crippen molar-refractivity contribution in [3.63, 3.8) is 0 Å². The molecule has 0 atom stereocenters. The molecule has 0 radical (unpaired) electrons. The molecule has 1 N–H and O–H groups in total. The van der Waals surface area contributed by atoms with Gasteiger partial charge in [0.2, 0.25) is 5.88 Å². The van der Waals surface area contributed by atoms with Gasteiger partial charge in [0.1, 0.15) is 11.6 Å². The first-order chi connectivity index (χ1) is 6.95. The van der Waals surface area contributed by atoms with Crippen molar-refractivity contribution in [3.05, 3.63) is 23.9 Å². The van der Waals surface area contributed by atoms with Crippen LogP contribution in [0.25, 0.3) is 0 Å². The van der Waals surface area contributed by atoms with Crippen LogP contribution in [0.4, 0.5) is 0 Å². The summed E-state index contributed by atoms with van der Waals surface area (Å²) in [5.74, 6) is -0.940. The maximum absolute atomic E-state index is 11.3. The lowest BCUT2D eigenvalue weighted by Gasteiger charge is -2.14. The normalized spacial score (nSPS) is 10.5. The molecule has 0 aromatic carbocycles. The summed E-state index contributed by atoms with van der Waals surface area (Å²) in [6, 6.07) is 4.86. The Labute approximate surface area is 86.9 Å². The molecule has 0 aliphatic carbocycles. The third kappa shape index (κ3) is 2.76. The predicted octanol–water partition coefficient (Wildman–Crippen LogP) is 0.630. The molecule has 0 unspecified atom stereocenters. The summed E-state index contributed by atoms with van der Waals surface area (Å²) in [5, 5.41) is 18.0. The summed E-state index contributed by atoms with van der Waals surface area (Å²) in [7, 11) is 0. The van der Waals surface area contributed by atoms with Crippen molar-refractivity contribution < 1.29 is 14.6 Å². The van der Waals surface area contributed by atoms with Gasteiger partial charge in [-0.05, 0) is 26.0 Å². The largest absolute Gasteiger partial charge is 0.404 e. The van der Waals surface area contributed by atoms with Crippen molar-refractivity contribution in [1.82, 2.24) is 4.98 Å². The molecular weight excluding hydrogens is 196 g/mol. The average molecular weight is 206 g/mol. The summed E-state index contributed by atoms with van der Waals surface area (Å²) in [4.78, 5) is 15.0. The monoisotopic (exact) mass is 206 g/mol. The quantitative estimate of drug-likeness (QED) is 0.717. The van der Waals surface area contributed by atoms with Crippen LogP contribution in [-0.4, -0.2) is 21.7 Å². The van der Waals surface area contributed by atoms with E-state index >= 15 is 0 Å². The maximum atomic E-state index is 11.3. The van der Waals surface area contributed by atoms with Crippen LogP contribution in [0.15, 0.2) is 18.3 Å². The molecule has 0 bridgehead atoms. The number of pyridine rings is 1. The molecule has 5 heteroatoms. The number of carbonyl (C=O) groups is 1. The Morgan fingerprint density at radius 3 is 2.87 bits per heavy atom. The first-order valence-electron chi connectivity index (χ1n) is 4.25. The minimum atomic E-state index is -1.61. The number of esters is 1. The van der Waals surface area contributed by atoms with Gasteiger partial charge in [-0.25, -0.2) is 9.78 Å². The van der Waals surface area contributed by atoms with Crippen LogP contribution in [0.1, 0.15) is 19.4 Å². The molecule has 0 saturated heterocycles. The van der Waals surface area contributed by atoms with Gasteiger partial charge in [-0.3, -0.25) is 0 Å². The molecule has 5 nitrogen and oxygen atoms in total. The van der Waals surface area contributed by atoms with Gasteiger partial charge in [-0.1, -0.05) is 0 Å². The Hall–Kier alpha value is -1.93. The lowest BCUT2D eigenvalue weighted by molar-refractivity contribution is -0.151. The lowest BCUT2D eigenvalue weighted by atomic mass is 10.1. The summed E-state index contributed by atoms with van der Waals surface area (Å²) in [6.07, 6.45) is 1.40. The maximum Gasteiger partial charge on any atom is 0.344 e. The molecule has 0 saturated carbocycles. The van der Waals surface area contributed by atoms with Gasteiger partial charge >= 0.3 is 5.97 Å². The van der Waals surface area contributed by atoms with Crippen LogP contribution in [-0.2, 0) is 4.79 Å². The highest BCUT2D eigenvalue weighted by Crippen LogP contribution is 2.15. The zero-order valence-corrected chi connectivity index (χ0v) is 8.39. The Balaban J connectivity index is 2.92. The van der Waals surface area contributed by atoms with E-state index in [9.17, 15) is 9.90 Å². The van der Waals surface area contributed by atoms with E-state index in [-0.39, 0.29) is 11.4 Å². The van der Waals surface area contributed by atoms with Gasteiger partial charge in [-0.15, -0.1) is 0 Å². The van der Waals surface area contributed by atoms with E-state index in [1.165, 1.54) is 26.1 Å². The van der Waals surface area contributed by atoms with Crippen molar-refractivity contribution in [2.75, 3.05) is 0 Å². The molecule has 78 valence electrons. The predicted molar refractivity (Wildman–Crippen MR) is 50.9 cm³/mol. The highest BCUT2D eigenvalue weighted by atomic mass is 16.6. The van der Waals surface area contributed by atoms with Gasteiger partial charge < -0.3 is 9.84 Å². The highest BCUT2D eigenvalue weighted by molar-refractivity contribution is 5.80. The van der Waals surface area contributed by atoms with Gasteiger partial charge in [-0.2, -0.15) is 5.26 Å². The summed E-state index contributed by atoms with van der Waals surface area (Å²) >= 11 is 0. The topological polar surface area (TPSA) is 83.2 Å². The molecule has 0 aliphatic heterocycles. The van der Waals surface area contributed by atoms with Crippen molar-refractivity contribution in [2.45, 2.75) is 19.4 Å². The molecule has 0 spiro atoms. The molecule has 15 heavy (non-hydrogen) atoms. The fraction of sp³-hybridized carbons (Fsp3) is 0.300. The number of hydrogen-bond donors (Lipinski definition) is 1. The minimum Gasteiger partial charge on any atom is -0.404 e. The van der Waals surface area contributed by atoms with Gasteiger partial charge in [0, 0.05) is 6.20 Å². The van der Waals surface area contributed by atoms with E-state index in [0.717, 1.165) is 0 Å². The van der Waals surface area contributed by atoms with E-state index < -0.39 is 11.6 Å². The molecule has 1 aromatic heterocycles. The molecular formula is C10H10N2O3. The number of rotatable bonds is 2. The van der Waals surface area contributed by atoms with Crippen molar-refractivity contribution in [2.24, 2.45) is 0 Å². The number of aliphatic hydroxyl groups is 1. The Morgan fingerprint density at radius 1 is 1.67 bits per heavy atom. The van der Waals surface area contributed by atoms with E-state index in [2.05, 4.69) is 4.98 Å². The number of hydrogen-bond acceptors (Lipinski definition) is 5. The van der Waals surface area contributed by atoms with Gasteiger partial charge in [0.25, 0.3) is 0 Å². The molecule has 1 heterocycles. The second-order valence-corrected chi connectivity index (χ2v) is 3.42. The fourth-order valence-electron chi connectivity index (χ4n) is 0.770. The van der Waals surface area contributed by atoms with Crippen molar-refractivity contribution in [3.8, 4) is 11.9 Å². The van der Waals surface area contributed by atoms with Gasteiger partial charge in [0.15, 0.2) is 5.60 Å². The molecule has 1 aromatic rings. The number of nitriles is 1. The summed E-state index contributed by atoms with van der Waals surface area (Å²) < 4.78 is 4.78. The third-order valence-electron chi connectivity index (χ3n) is 1.58. The molecule has 1 rings (SSSR count). The number of ether oxygens (including phenoxy) is 1. The van der Waals surface area contributed by atoms with Crippen molar-refractivity contribution in [1.29, 1.82) is 5.26 Å². The number of carbonyl (C=O) groups excluding carboxylic acids is 1. The first kappa shape index (κ1) is 11.1. The van der Waals surface area contributed by atoms with Crippen LogP contribution in [0.5, 0.6) is 5.88 Å². The van der Waals surface area contributed by atoms with E-state index in [4.69, 9.17) is 10.00 Å². The average Bonchev–Trinajstić information content (AvgIpc) is 2.17. The zero-order chi connectivity index (χ0) is 11.5. The van der Waals surface area contributed by atoms with Crippen LogP contribution in [0.3, 0.4) is 0 Å². The standard InChI is InChI=1S/C10H10N2O3/c1-10(2,14)9(13)15-8-7(6-11)4-3-5-12-8/h3-5,14H,1-2H3. The fourth-order valence-corrected chi connectivity index (χ4v) is 0.770. The van der Waals surface area contributed by atoms with Crippen LogP contribution < -0.4 is 4.74 Å². The number of aromatic nitrogens is 1. The second kappa shape index (κ2) is 4.07. The van der Waals surface area contributed by atoms with Crippen molar-refractivity contribution >= 4 is 5.97 Å². The molecule has 0 fully saturated rings. The van der Waals surface area contributed by atoms with E-state index in [1.54, 1.807) is 6.07 Å². The number of nitrogens with zero attached hydrogens (tertiary/aromatic N) is 2. The SMILES string of the molecule is CC(C)(O)C(=O)Oc1ncccc1C#N. The Kier molecular flexibility index (Phi) is 3.02. The molecule has 0 aliphatic rings. The summed E-state index contributed by atoms with van der Waals surface area (Å²) in [5.41, 5.74) is -1.46. The molecule has 0 amide bonds. The lowest BCUT2D eigenvalue weighted by Crippen LogP contribution is -2.35. The first-order valence-corrected chi connectivity index (χ1v) is 4.25. The van der Waals surface area contributed by atoms with Crippen LogP contribution in [0.2, 0.25) is 0 Å². The van der Waals surface area contributed by atoms with Crippen LogP contribution >= 0.6 is 0 Å². The Morgan fingerprint density at radius 2 is 2.33 bits per heavy atom. The zero-order valence-electron chi connectivity index (χ0n) is 8.39. The smallest absolute Gasteiger partial charge is 0.344 e. The summed E-state index contributed by atoms with van der Waals surface area (Å²) in [6.45, 7) is 2.59. The van der Waals surface area contributed by atoms with E-state index in [1.807, 2.05) is 6.07 Å².